The van der Waals surface area contributed by atoms with Crippen molar-refractivity contribution < 1.29 is 23.4 Å². The van der Waals surface area contributed by atoms with Gasteiger partial charge in [-0.25, -0.2) is 8.78 Å². The van der Waals surface area contributed by atoms with Gasteiger partial charge in [0.2, 0.25) is 5.91 Å². The zero-order valence-corrected chi connectivity index (χ0v) is 10.9. The van der Waals surface area contributed by atoms with E-state index >= 15 is 0 Å². The number of hydrogen-bond donors (Lipinski definition) is 2. The summed E-state index contributed by atoms with van der Waals surface area (Å²) in [6.45, 7) is 0.760. The molecule has 1 aliphatic heterocycles. The van der Waals surface area contributed by atoms with Crippen molar-refractivity contribution in [1.82, 2.24) is 5.32 Å². The van der Waals surface area contributed by atoms with Crippen molar-refractivity contribution in [2.75, 3.05) is 19.8 Å². The van der Waals surface area contributed by atoms with Gasteiger partial charge in [0, 0.05) is 13.2 Å². The highest BCUT2D eigenvalue weighted by Crippen LogP contribution is 2.20. The van der Waals surface area contributed by atoms with Crippen LogP contribution in [-0.2, 0) is 9.53 Å². The highest BCUT2D eigenvalue weighted by Gasteiger charge is 2.23. The van der Waals surface area contributed by atoms with Gasteiger partial charge in [0.1, 0.15) is 17.7 Å². The summed E-state index contributed by atoms with van der Waals surface area (Å²) in [5, 5.41) is 12.3. The topological polar surface area (TPSA) is 58.6 Å². The standard InChI is InChI=1S/C14H17F2NO3/c15-10-4-1-5-11(16)13(10)12(18)7-17-14(19)9-3-2-6-20-8-9/h1,4-5,9,12,18H,2-3,6-8H2,(H,17,19)/t9-,12-/m0/s1. The lowest BCUT2D eigenvalue weighted by Crippen LogP contribution is -2.37. The lowest BCUT2D eigenvalue weighted by atomic mass is 10.0. The van der Waals surface area contributed by atoms with Crippen molar-refractivity contribution in [3.05, 3.63) is 35.4 Å². The molecular weight excluding hydrogens is 268 g/mol. The number of hydrogen-bond acceptors (Lipinski definition) is 3. The molecule has 1 aromatic rings. The second-order valence-corrected chi connectivity index (χ2v) is 4.81. The number of nitrogens with one attached hydrogen (secondary N) is 1. The van der Waals surface area contributed by atoms with Gasteiger partial charge in [0.05, 0.1) is 18.1 Å². The van der Waals surface area contributed by atoms with E-state index in [0.29, 0.717) is 13.2 Å². The minimum atomic E-state index is -1.41. The summed E-state index contributed by atoms with van der Waals surface area (Å²) in [5.74, 6) is -2.18. The number of aliphatic hydroxyl groups is 1. The third-order valence-electron chi connectivity index (χ3n) is 3.33. The first-order chi connectivity index (χ1) is 9.59. The minimum Gasteiger partial charge on any atom is -0.386 e. The first kappa shape index (κ1) is 14.9. The summed E-state index contributed by atoms with van der Waals surface area (Å²) < 4.78 is 32.1. The minimum absolute atomic E-state index is 0.229. The van der Waals surface area contributed by atoms with Crippen LogP contribution in [0.3, 0.4) is 0 Å². The number of carbonyl (C=O) groups is 1. The average molecular weight is 285 g/mol. The number of ether oxygens (including phenoxy) is 1. The van der Waals surface area contributed by atoms with E-state index in [1.807, 2.05) is 0 Å². The van der Waals surface area contributed by atoms with E-state index < -0.39 is 23.3 Å². The fourth-order valence-corrected chi connectivity index (χ4v) is 2.22. The molecule has 2 rings (SSSR count). The van der Waals surface area contributed by atoms with Crippen LogP contribution in [-0.4, -0.2) is 30.8 Å². The van der Waals surface area contributed by atoms with Gasteiger partial charge in [0.15, 0.2) is 0 Å². The van der Waals surface area contributed by atoms with Crippen LogP contribution in [0.15, 0.2) is 18.2 Å². The number of aliphatic hydroxyl groups excluding tert-OH is 1. The van der Waals surface area contributed by atoms with Crippen molar-refractivity contribution >= 4 is 5.91 Å². The Morgan fingerprint density at radius 2 is 2.15 bits per heavy atom. The summed E-state index contributed by atoms with van der Waals surface area (Å²) in [6.07, 6.45) is 0.114. The molecule has 1 saturated heterocycles. The highest BCUT2D eigenvalue weighted by atomic mass is 19.1. The molecule has 0 aliphatic carbocycles. The van der Waals surface area contributed by atoms with Gasteiger partial charge in [-0.2, -0.15) is 0 Å². The van der Waals surface area contributed by atoms with Gasteiger partial charge in [-0.3, -0.25) is 4.79 Å². The van der Waals surface area contributed by atoms with E-state index in [2.05, 4.69) is 5.32 Å². The summed E-state index contributed by atoms with van der Waals surface area (Å²) in [7, 11) is 0. The molecule has 1 aliphatic rings. The molecule has 0 saturated carbocycles. The first-order valence-electron chi connectivity index (χ1n) is 6.57. The van der Waals surface area contributed by atoms with Crippen LogP contribution in [0.5, 0.6) is 0 Å². The Morgan fingerprint density at radius 3 is 2.75 bits per heavy atom. The van der Waals surface area contributed by atoms with Crippen LogP contribution < -0.4 is 5.32 Å². The molecule has 0 unspecified atom stereocenters. The monoisotopic (exact) mass is 285 g/mol. The summed E-state index contributed by atoms with van der Waals surface area (Å²) in [5.41, 5.74) is -0.423. The molecule has 0 aromatic heterocycles. The lowest BCUT2D eigenvalue weighted by Gasteiger charge is -2.22. The Morgan fingerprint density at radius 1 is 1.45 bits per heavy atom. The van der Waals surface area contributed by atoms with Crippen molar-refractivity contribution in [3.63, 3.8) is 0 Å². The van der Waals surface area contributed by atoms with Crippen molar-refractivity contribution in [2.24, 2.45) is 5.92 Å². The second-order valence-electron chi connectivity index (χ2n) is 4.81. The van der Waals surface area contributed by atoms with Crippen LogP contribution in [0.25, 0.3) is 0 Å². The van der Waals surface area contributed by atoms with Gasteiger partial charge in [-0.1, -0.05) is 6.07 Å². The Balaban J connectivity index is 1.91. The van der Waals surface area contributed by atoms with Crippen LogP contribution in [0.2, 0.25) is 0 Å². The first-order valence-corrected chi connectivity index (χ1v) is 6.57. The molecule has 0 bridgehead atoms. The van der Waals surface area contributed by atoms with E-state index in [4.69, 9.17) is 4.74 Å². The van der Waals surface area contributed by atoms with Crippen molar-refractivity contribution in [3.8, 4) is 0 Å². The lowest BCUT2D eigenvalue weighted by molar-refractivity contribution is -0.129. The molecule has 1 aromatic carbocycles. The normalized spacial score (nSPS) is 20.4. The summed E-state index contributed by atoms with van der Waals surface area (Å²) in [4.78, 5) is 11.8. The van der Waals surface area contributed by atoms with Gasteiger partial charge in [-0.15, -0.1) is 0 Å². The zero-order chi connectivity index (χ0) is 14.5. The van der Waals surface area contributed by atoms with Crippen LogP contribution in [0.1, 0.15) is 24.5 Å². The SMILES string of the molecule is O=C(NC[C@H](O)c1c(F)cccc1F)[C@H]1CCCOC1. The zero-order valence-electron chi connectivity index (χ0n) is 10.9. The van der Waals surface area contributed by atoms with E-state index in [1.54, 1.807) is 0 Å². The number of halogens is 2. The van der Waals surface area contributed by atoms with Crippen molar-refractivity contribution in [2.45, 2.75) is 18.9 Å². The fourth-order valence-electron chi connectivity index (χ4n) is 2.22. The Bertz CT molecular complexity index is 455. The molecule has 6 heteroatoms. The van der Waals surface area contributed by atoms with E-state index in [9.17, 15) is 18.7 Å². The van der Waals surface area contributed by atoms with Gasteiger partial charge in [-0.05, 0) is 25.0 Å². The molecule has 0 spiro atoms. The summed E-state index contributed by atoms with van der Waals surface area (Å²) >= 11 is 0. The number of benzene rings is 1. The third kappa shape index (κ3) is 3.52. The molecule has 2 N–H and O–H groups in total. The van der Waals surface area contributed by atoms with Crippen LogP contribution >= 0.6 is 0 Å². The van der Waals surface area contributed by atoms with Crippen molar-refractivity contribution in [1.29, 1.82) is 0 Å². The summed E-state index contributed by atoms with van der Waals surface area (Å²) in [6, 6.07) is 3.36. The number of amides is 1. The predicted molar refractivity (Wildman–Crippen MR) is 67.9 cm³/mol. The molecule has 110 valence electrons. The largest absolute Gasteiger partial charge is 0.386 e. The average Bonchev–Trinajstić information content (AvgIpc) is 2.45. The van der Waals surface area contributed by atoms with Gasteiger partial charge >= 0.3 is 0 Å². The van der Waals surface area contributed by atoms with E-state index in [0.717, 1.165) is 25.0 Å². The smallest absolute Gasteiger partial charge is 0.225 e. The Labute approximate surface area is 115 Å². The number of carbonyl (C=O) groups excluding carboxylic acids is 1. The molecule has 1 amide bonds. The fraction of sp³-hybridized carbons (Fsp3) is 0.500. The maximum Gasteiger partial charge on any atom is 0.225 e. The Hall–Kier alpha value is -1.53. The molecule has 2 atom stereocenters. The van der Waals surface area contributed by atoms with Gasteiger partial charge in [0.25, 0.3) is 0 Å². The second kappa shape index (κ2) is 6.76. The molecule has 20 heavy (non-hydrogen) atoms. The molecule has 4 nitrogen and oxygen atoms in total. The molecule has 0 radical (unpaired) electrons. The predicted octanol–water partition coefficient (Wildman–Crippen LogP) is 1.54. The van der Waals surface area contributed by atoms with E-state index in [-0.39, 0.29) is 18.4 Å². The molecule has 1 heterocycles. The van der Waals surface area contributed by atoms with Gasteiger partial charge < -0.3 is 15.2 Å². The highest BCUT2D eigenvalue weighted by molar-refractivity contribution is 5.78. The molecular formula is C14H17F2NO3. The quantitative estimate of drug-likeness (QED) is 0.882. The third-order valence-corrected chi connectivity index (χ3v) is 3.33. The van der Waals surface area contributed by atoms with Crippen LogP contribution in [0, 0.1) is 17.6 Å². The maximum atomic E-state index is 13.4. The number of rotatable bonds is 4. The molecule has 1 fully saturated rings. The van der Waals surface area contributed by atoms with Crippen LogP contribution in [0.4, 0.5) is 8.78 Å². The maximum absolute atomic E-state index is 13.4. The Kier molecular flexibility index (Phi) is 5.03. The van der Waals surface area contributed by atoms with E-state index in [1.165, 1.54) is 6.07 Å².